The van der Waals surface area contributed by atoms with Gasteiger partial charge in [-0.15, -0.1) is 0 Å². The average Bonchev–Trinajstić information content (AvgIpc) is 2.44. The van der Waals surface area contributed by atoms with Crippen LogP contribution < -0.4 is 5.73 Å². The molecular formula is C10H21NO5. The molecule has 0 aromatic carbocycles. The first kappa shape index (κ1) is 12.2. The Bertz CT molecular complexity index is 260. The van der Waals surface area contributed by atoms with Crippen LogP contribution in [0.3, 0.4) is 0 Å². The van der Waals surface area contributed by atoms with Crippen molar-refractivity contribution in [2.24, 2.45) is 5.73 Å². The molecule has 1 saturated heterocycles. The second kappa shape index (κ2) is 5.39. The Morgan fingerprint density at radius 3 is 2.56 bits per heavy atom. The summed E-state index contributed by atoms with van der Waals surface area (Å²) in [5, 5.41) is 38.3. The van der Waals surface area contributed by atoms with Gasteiger partial charge in [-0.2, -0.15) is 0 Å². The Balaban J connectivity index is 2.69. The summed E-state index contributed by atoms with van der Waals surface area (Å²) in [6, 6.07) is 0. The second-order valence-electron chi connectivity index (χ2n) is 4.17. The van der Waals surface area contributed by atoms with Crippen LogP contribution in [-0.2, 0) is 4.74 Å². The van der Waals surface area contributed by atoms with E-state index in [1.165, 1.54) is 0 Å². The zero-order valence-electron chi connectivity index (χ0n) is 10.3. The largest absolute Gasteiger partial charge is 0.387 e. The molecule has 0 saturated carbocycles. The van der Waals surface area contributed by atoms with Crippen LogP contribution in [0.1, 0.15) is 34.0 Å². The predicted molar refractivity (Wildman–Crippen MR) is 56.2 cm³/mol. The summed E-state index contributed by atoms with van der Waals surface area (Å²) in [4.78, 5) is 0. The molecule has 0 radical (unpaired) electrons. The molecular weight excluding hydrogens is 214 g/mol. The Morgan fingerprint density at radius 2 is 2.12 bits per heavy atom. The van der Waals surface area contributed by atoms with Crippen LogP contribution in [-0.4, -0.2) is 50.7 Å². The Hall–Kier alpha value is -0.240. The second-order valence-corrected chi connectivity index (χ2v) is 4.17. The summed E-state index contributed by atoms with van der Waals surface area (Å²) in [7, 11) is 0. The molecule has 5 atom stereocenters. The summed E-state index contributed by atoms with van der Waals surface area (Å²) in [6.45, 7) is 2.01. The van der Waals surface area contributed by atoms with E-state index in [-0.39, 0.29) is 0 Å². The Morgan fingerprint density at radius 1 is 1.50 bits per heavy atom. The van der Waals surface area contributed by atoms with Crippen molar-refractivity contribution in [3.8, 4) is 0 Å². The van der Waals surface area contributed by atoms with Crippen LogP contribution in [0.4, 0.5) is 0 Å². The van der Waals surface area contributed by atoms with E-state index in [4.69, 9.17) is 11.8 Å². The molecule has 0 aromatic rings. The molecule has 16 heavy (non-hydrogen) atoms. The quantitative estimate of drug-likeness (QED) is 0.298. The predicted octanol–water partition coefficient (Wildman–Crippen LogP) is -1.35. The molecule has 1 rings (SSSR count). The van der Waals surface area contributed by atoms with Gasteiger partial charge in [0.1, 0.15) is 12.2 Å². The maximum Gasteiger partial charge on any atom is 0.235 e. The average molecular weight is 236 g/mol. The van der Waals surface area contributed by atoms with E-state index >= 15 is 0 Å². The fourth-order valence-electron chi connectivity index (χ4n) is 1.84. The maximum atomic E-state index is 9.80. The number of hydrogen-bond donors (Lipinski definition) is 5. The number of ether oxygens (including phenoxy) is 1. The van der Waals surface area contributed by atoms with Crippen LogP contribution in [0.5, 0.6) is 0 Å². The molecule has 6 heteroatoms. The number of aliphatic hydroxyl groups is 4. The third-order valence-electron chi connectivity index (χ3n) is 2.90. The molecule has 1 aliphatic rings. The van der Waals surface area contributed by atoms with Gasteiger partial charge in [-0.05, 0) is 6.42 Å². The zero-order valence-corrected chi connectivity index (χ0v) is 9.33. The van der Waals surface area contributed by atoms with Gasteiger partial charge < -0.3 is 30.9 Å². The van der Waals surface area contributed by atoms with Crippen molar-refractivity contribution in [1.82, 2.24) is 0 Å². The van der Waals surface area contributed by atoms with E-state index in [1.54, 1.807) is 0 Å². The van der Waals surface area contributed by atoms with E-state index in [9.17, 15) is 20.4 Å². The first-order valence-corrected chi connectivity index (χ1v) is 5.51. The number of hydrogen-bond acceptors (Lipinski definition) is 6. The molecule has 0 bridgehead atoms. The highest BCUT2D eigenvalue weighted by atomic mass is 16.7. The van der Waals surface area contributed by atoms with Crippen molar-refractivity contribution in [2.75, 3.05) is 0 Å². The Labute approximate surface area is 96.1 Å². The summed E-state index contributed by atoms with van der Waals surface area (Å²) >= 11 is 0. The van der Waals surface area contributed by atoms with Gasteiger partial charge in [0.05, 0.1) is 7.47 Å². The summed E-state index contributed by atoms with van der Waals surface area (Å²) in [6.07, 6.45) is -3.80. The zero-order chi connectivity index (χ0) is 13.3. The maximum absolute atomic E-state index is 9.80. The molecule has 6 nitrogen and oxygen atoms in total. The molecule has 2 unspecified atom stereocenters. The molecule has 0 aromatic heterocycles. The van der Waals surface area contributed by atoms with Gasteiger partial charge >= 0.3 is 0 Å². The lowest BCUT2D eigenvalue weighted by atomic mass is 10.0. The van der Waals surface area contributed by atoms with E-state index in [2.05, 4.69) is 0 Å². The first-order valence-electron chi connectivity index (χ1n) is 6.01. The molecule has 0 spiro atoms. The van der Waals surface area contributed by atoms with Crippen LogP contribution in [0.15, 0.2) is 0 Å². The minimum atomic E-state index is -2.88. The van der Waals surface area contributed by atoms with E-state index in [0.717, 1.165) is 19.3 Å². The number of aliphatic hydroxyl groups excluding tert-OH is 2. The number of unbranched alkanes of at least 4 members (excludes halogenated alkanes) is 2. The fraction of sp³-hybridized carbons (Fsp3) is 1.00. The minimum absolute atomic E-state index is 0.421. The van der Waals surface area contributed by atoms with Crippen molar-refractivity contribution in [2.45, 2.75) is 62.9 Å². The first-order chi connectivity index (χ1) is 7.74. The molecule has 1 fully saturated rings. The van der Waals surface area contributed by atoms with E-state index in [0.29, 0.717) is 6.42 Å². The van der Waals surface area contributed by atoms with Crippen LogP contribution in [0.2, 0.25) is 0 Å². The lowest BCUT2D eigenvalue weighted by Gasteiger charge is -2.28. The van der Waals surface area contributed by atoms with Crippen molar-refractivity contribution >= 4 is 0 Å². The van der Waals surface area contributed by atoms with E-state index < -0.39 is 30.3 Å². The molecule has 1 aliphatic heterocycles. The van der Waals surface area contributed by atoms with Gasteiger partial charge in [-0.1, -0.05) is 26.2 Å². The highest BCUT2D eigenvalue weighted by Gasteiger charge is 2.56. The van der Waals surface area contributed by atoms with Crippen molar-refractivity contribution in [3.05, 3.63) is 0 Å². The normalized spacial score (nSPS) is 44.1. The SMILES string of the molecule is [2H]C(N)(O)C1(O)O[C@H](CCCCC)[C@@H](O)[C@@H]1O. The van der Waals surface area contributed by atoms with Crippen molar-refractivity contribution in [3.63, 3.8) is 0 Å². The highest BCUT2D eigenvalue weighted by molar-refractivity contribution is 4.97. The lowest BCUT2D eigenvalue weighted by Crippen LogP contribution is -2.56. The molecule has 6 N–H and O–H groups in total. The standard InChI is InChI=1S/C10H21NO5/c1-2-3-4-5-6-7(12)8(13)10(15,16-6)9(11)14/h6-9,12-15H,2-5,11H2,1H3/t6-,7-,8+,9?,10?/m1/s1/i9D. The van der Waals surface area contributed by atoms with Gasteiger partial charge in [-0.25, -0.2) is 0 Å². The van der Waals surface area contributed by atoms with Gasteiger partial charge in [0.15, 0.2) is 6.20 Å². The Kier molecular flexibility index (Phi) is 4.12. The third-order valence-corrected chi connectivity index (χ3v) is 2.90. The van der Waals surface area contributed by atoms with Gasteiger partial charge in [0.2, 0.25) is 5.79 Å². The summed E-state index contributed by atoms with van der Waals surface area (Å²) in [5.41, 5.74) is 5.02. The van der Waals surface area contributed by atoms with Gasteiger partial charge in [-0.3, -0.25) is 0 Å². The monoisotopic (exact) mass is 236 g/mol. The molecule has 0 amide bonds. The number of rotatable bonds is 5. The molecule has 96 valence electrons. The topological polar surface area (TPSA) is 116 Å². The van der Waals surface area contributed by atoms with Crippen molar-refractivity contribution < 1.29 is 26.5 Å². The van der Waals surface area contributed by atoms with Crippen LogP contribution in [0.25, 0.3) is 0 Å². The highest BCUT2D eigenvalue weighted by Crippen LogP contribution is 2.32. The van der Waals surface area contributed by atoms with Crippen molar-refractivity contribution in [1.29, 1.82) is 0 Å². The van der Waals surface area contributed by atoms with Gasteiger partial charge in [0, 0.05) is 0 Å². The van der Waals surface area contributed by atoms with Gasteiger partial charge in [0.25, 0.3) is 0 Å². The van der Waals surface area contributed by atoms with Crippen LogP contribution >= 0.6 is 0 Å². The summed E-state index contributed by atoms with van der Waals surface area (Å²) in [5.74, 6) is -2.66. The molecule has 0 aliphatic carbocycles. The summed E-state index contributed by atoms with van der Waals surface area (Å²) < 4.78 is 12.1. The molecule has 1 heterocycles. The van der Waals surface area contributed by atoms with E-state index in [1.807, 2.05) is 6.92 Å². The third kappa shape index (κ3) is 2.53. The lowest BCUT2D eigenvalue weighted by molar-refractivity contribution is -0.275. The van der Waals surface area contributed by atoms with Crippen LogP contribution in [0, 0.1) is 0 Å². The fourth-order valence-corrected chi connectivity index (χ4v) is 1.84. The number of nitrogens with two attached hydrogens (primary N) is 1. The minimum Gasteiger partial charge on any atom is -0.387 e. The smallest absolute Gasteiger partial charge is 0.235 e.